The molecule has 2 heterocycles. The number of fused-ring (bicyclic) bond motifs is 3. The molecule has 182 valence electrons. The van der Waals surface area contributed by atoms with Crippen molar-refractivity contribution in [1.82, 2.24) is 0 Å². The van der Waals surface area contributed by atoms with Gasteiger partial charge in [-0.25, -0.2) is 4.79 Å². The molecule has 0 amide bonds. The van der Waals surface area contributed by atoms with Gasteiger partial charge >= 0.3 is 23.5 Å². The normalized spacial score (nSPS) is 24.1. The lowest BCUT2D eigenvalue weighted by Gasteiger charge is -2.40. The van der Waals surface area contributed by atoms with E-state index in [1.807, 2.05) is 6.07 Å². The van der Waals surface area contributed by atoms with Crippen molar-refractivity contribution in [2.24, 2.45) is 0 Å². The van der Waals surface area contributed by atoms with Gasteiger partial charge in [-0.2, -0.15) is 0 Å². The van der Waals surface area contributed by atoms with Crippen molar-refractivity contribution in [2.75, 3.05) is 6.61 Å². The van der Waals surface area contributed by atoms with Crippen LogP contribution in [0.2, 0.25) is 0 Å². The standard InChI is InChI=1S/C24H26O10/c1-12(25)30-20-11-29-24(22(32-14(3)27)21(20)31-13(2)26)33-15-8-9-17-16-6-4-5-7-18(16)23(28)34-19(17)10-15/h8-10,20-22,24H,4-7,11H2,1-3H3/t20-,21-,22+,24-/m0/s1. The number of hydrogen-bond acceptors (Lipinski definition) is 10. The second-order valence-corrected chi connectivity index (χ2v) is 8.33. The van der Waals surface area contributed by atoms with Gasteiger partial charge in [0.1, 0.15) is 11.3 Å². The molecule has 0 N–H and O–H groups in total. The average Bonchev–Trinajstić information content (AvgIpc) is 2.77. The Morgan fingerprint density at radius 3 is 2.21 bits per heavy atom. The largest absolute Gasteiger partial charge is 0.461 e. The van der Waals surface area contributed by atoms with E-state index in [4.69, 9.17) is 28.1 Å². The Labute approximate surface area is 195 Å². The van der Waals surface area contributed by atoms with E-state index < -0.39 is 42.5 Å². The van der Waals surface area contributed by atoms with Crippen molar-refractivity contribution < 1.29 is 42.5 Å². The van der Waals surface area contributed by atoms with E-state index in [2.05, 4.69) is 0 Å². The third-order valence-electron chi connectivity index (χ3n) is 5.75. The molecule has 2 aromatic rings. The van der Waals surface area contributed by atoms with E-state index in [1.165, 1.54) is 20.8 Å². The summed E-state index contributed by atoms with van der Waals surface area (Å²) in [6, 6.07) is 5.08. The average molecular weight is 474 g/mol. The van der Waals surface area contributed by atoms with E-state index in [1.54, 1.807) is 12.1 Å². The number of aryl methyl sites for hydroxylation is 1. The highest BCUT2D eigenvalue weighted by Crippen LogP contribution is 2.31. The molecular formula is C24H26O10. The molecule has 0 bridgehead atoms. The fraction of sp³-hybridized carbons (Fsp3) is 0.500. The van der Waals surface area contributed by atoms with Crippen LogP contribution in [0.25, 0.3) is 11.0 Å². The number of ether oxygens (including phenoxy) is 5. The van der Waals surface area contributed by atoms with Gasteiger partial charge in [0.25, 0.3) is 0 Å². The SMILES string of the molecule is CC(=O)O[C@@H]1[C@@H](OC(C)=O)[C@H](Oc2ccc3c4c(c(=O)oc3c2)CCCC4)OC[C@@H]1OC(C)=O. The highest BCUT2D eigenvalue weighted by Gasteiger charge is 2.48. The molecule has 10 nitrogen and oxygen atoms in total. The molecule has 0 spiro atoms. The maximum Gasteiger partial charge on any atom is 0.339 e. The molecular weight excluding hydrogens is 448 g/mol. The minimum Gasteiger partial charge on any atom is -0.461 e. The molecule has 1 saturated heterocycles. The summed E-state index contributed by atoms with van der Waals surface area (Å²) in [5, 5.41) is 0.843. The number of carbonyl (C=O) groups excluding carboxylic acids is 3. The zero-order chi connectivity index (χ0) is 24.4. The van der Waals surface area contributed by atoms with Gasteiger partial charge in [-0.05, 0) is 43.4 Å². The van der Waals surface area contributed by atoms with Gasteiger partial charge in [0.15, 0.2) is 12.2 Å². The summed E-state index contributed by atoms with van der Waals surface area (Å²) in [4.78, 5) is 47.4. The van der Waals surface area contributed by atoms with Gasteiger partial charge in [0.2, 0.25) is 12.4 Å². The minimum atomic E-state index is -1.22. The van der Waals surface area contributed by atoms with E-state index in [-0.39, 0.29) is 12.2 Å². The van der Waals surface area contributed by atoms with Gasteiger partial charge in [-0.15, -0.1) is 0 Å². The summed E-state index contributed by atoms with van der Waals surface area (Å²) in [7, 11) is 0. The van der Waals surface area contributed by atoms with Gasteiger partial charge in [0, 0.05) is 37.8 Å². The number of esters is 3. The maximum absolute atomic E-state index is 12.4. The Bertz CT molecular complexity index is 1170. The molecule has 4 atom stereocenters. The molecule has 34 heavy (non-hydrogen) atoms. The first-order valence-corrected chi connectivity index (χ1v) is 11.1. The third kappa shape index (κ3) is 5.06. The fourth-order valence-electron chi connectivity index (χ4n) is 4.44. The van der Waals surface area contributed by atoms with Gasteiger partial charge in [0.05, 0.1) is 6.61 Å². The molecule has 1 aromatic carbocycles. The lowest BCUT2D eigenvalue weighted by molar-refractivity contribution is -0.259. The Balaban J connectivity index is 1.64. The van der Waals surface area contributed by atoms with Crippen LogP contribution in [-0.2, 0) is 46.2 Å². The van der Waals surface area contributed by atoms with Crippen LogP contribution in [0, 0.1) is 0 Å². The fourth-order valence-corrected chi connectivity index (χ4v) is 4.44. The van der Waals surface area contributed by atoms with E-state index in [0.29, 0.717) is 17.8 Å². The van der Waals surface area contributed by atoms with E-state index >= 15 is 0 Å². The Kier molecular flexibility index (Phi) is 6.87. The van der Waals surface area contributed by atoms with Gasteiger partial charge in [-0.3, -0.25) is 14.4 Å². The number of rotatable bonds is 5. The Morgan fingerprint density at radius 1 is 0.882 bits per heavy atom. The first-order valence-electron chi connectivity index (χ1n) is 11.1. The van der Waals surface area contributed by atoms with Crippen LogP contribution >= 0.6 is 0 Å². The summed E-state index contributed by atoms with van der Waals surface area (Å²) in [5.74, 6) is -1.64. The Morgan fingerprint density at radius 2 is 1.53 bits per heavy atom. The van der Waals surface area contributed by atoms with Crippen LogP contribution in [0.15, 0.2) is 27.4 Å². The van der Waals surface area contributed by atoms with Crippen molar-refractivity contribution in [1.29, 1.82) is 0 Å². The maximum atomic E-state index is 12.4. The molecule has 0 saturated carbocycles. The quantitative estimate of drug-likeness (QED) is 0.361. The molecule has 1 aromatic heterocycles. The molecule has 2 aliphatic rings. The lowest BCUT2D eigenvalue weighted by Crippen LogP contribution is -2.59. The highest BCUT2D eigenvalue weighted by atomic mass is 16.7. The van der Waals surface area contributed by atoms with Gasteiger partial charge in [-0.1, -0.05) is 0 Å². The van der Waals surface area contributed by atoms with Crippen LogP contribution in [0.4, 0.5) is 0 Å². The summed E-state index contributed by atoms with van der Waals surface area (Å²) in [6.45, 7) is 3.42. The van der Waals surface area contributed by atoms with Crippen molar-refractivity contribution >= 4 is 28.9 Å². The smallest absolute Gasteiger partial charge is 0.339 e. The first kappa shape index (κ1) is 23.7. The lowest BCUT2D eigenvalue weighted by atomic mass is 9.91. The monoisotopic (exact) mass is 474 g/mol. The highest BCUT2D eigenvalue weighted by molar-refractivity contribution is 5.82. The summed E-state index contributed by atoms with van der Waals surface area (Å²) < 4.78 is 33.0. The summed E-state index contributed by atoms with van der Waals surface area (Å²) in [5.41, 5.74) is 1.73. The van der Waals surface area contributed by atoms with Crippen molar-refractivity contribution in [3.8, 4) is 5.75 Å². The molecule has 0 radical (unpaired) electrons. The zero-order valence-electron chi connectivity index (χ0n) is 19.2. The van der Waals surface area contributed by atoms with Crippen molar-refractivity contribution in [3.05, 3.63) is 39.7 Å². The number of carbonyl (C=O) groups is 3. The van der Waals surface area contributed by atoms with Crippen molar-refractivity contribution in [2.45, 2.75) is 71.1 Å². The molecule has 1 aliphatic carbocycles. The summed E-state index contributed by atoms with van der Waals surface area (Å²) in [6.07, 6.45) is -1.07. The predicted molar refractivity (Wildman–Crippen MR) is 116 cm³/mol. The van der Waals surface area contributed by atoms with Crippen LogP contribution in [-0.4, -0.2) is 49.1 Å². The van der Waals surface area contributed by atoms with Gasteiger partial charge < -0.3 is 28.1 Å². The topological polar surface area (TPSA) is 128 Å². The van der Waals surface area contributed by atoms with Crippen LogP contribution < -0.4 is 10.4 Å². The molecule has 1 aliphatic heterocycles. The molecule has 10 heteroatoms. The third-order valence-corrected chi connectivity index (χ3v) is 5.75. The molecule has 1 fully saturated rings. The van der Waals surface area contributed by atoms with Crippen LogP contribution in [0.5, 0.6) is 5.75 Å². The number of hydrogen-bond donors (Lipinski definition) is 0. The van der Waals surface area contributed by atoms with Crippen LogP contribution in [0.3, 0.4) is 0 Å². The second kappa shape index (κ2) is 9.84. The number of benzene rings is 1. The van der Waals surface area contributed by atoms with E-state index in [9.17, 15) is 19.2 Å². The van der Waals surface area contributed by atoms with Crippen molar-refractivity contribution in [3.63, 3.8) is 0 Å². The molecule has 4 rings (SSSR count). The first-order chi connectivity index (χ1) is 16.2. The summed E-state index contributed by atoms with van der Waals surface area (Å²) >= 11 is 0. The van der Waals surface area contributed by atoms with E-state index in [0.717, 1.165) is 35.8 Å². The Hall–Kier alpha value is -3.40. The molecule has 0 unspecified atom stereocenters. The zero-order valence-corrected chi connectivity index (χ0v) is 19.2. The van der Waals surface area contributed by atoms with Crippen LogP contribution in [0.1, 0.15) is 44.7 Å². The second-order valence-electron chi connectivity index (χ2n) is 8.33. The predicted octanol–water partition coefficient (Wildman–Crippen LogP) is 2.20. The minimum absolute atomic E-state index is 0.157.